The summed E-state index contributed by atoms with van der Waals surface area (Å²) >= 11 is 0. The van der Waals surface area contributed by atoms with Gasteiger partial charge in [0, 0.05) is 24.0 Å². The molecule has 0 radical (unpaired) electrons. The third kappa shape index (κ3) is 7.43. The van der Waals surface area contributed by atoms with Crippen molar-refractivity contribution in [2.75, 3.05) is 13.2 Å². The third-order valence-electron chi connectivity index (χ3n) is 9.00. The van der Waals surface area contributed by atoms with Gasteiger partial charge >= 0.3 is 16.3 Å². The lowest BCUT2D eigenvalue weighted by molar-refractivity contribution is -0.226. The molecule has 3 aliphatic rings. The molecule has 1 aliphatic heterocycles. The molecular weight excluding hydrogens is 630 g/mol. The van der Waals surface area contributed by atoms with Crippen molar-refractivity contribution in [3.8, 4) is 5.75 Å². The molecule has 5 rings (SSSR count). The van der Waals surface area contributed by atoms with Crippen LogP contribution in [0.5, 0.6) is 5.75 Å². The molecule has 0 N–H and O–H groups in total. The maximum Gasteiger partial charge on any atom is 0.400 e. The number of alkyl halides is 2. The van der Waals surface area contributed by atoms with E-state index >= 15 is 4.39 Å². The second kappa shape index (κ2) is 11.3. The Balaban J connectivity index is 1.17. The van der Waals surface area contributed by atoms with Crippen LogP contribution in [-0.4, -0.2) is 25.6 Å². The van der Waals surface area contributed by atoms with Crippen molar-refractivity contribution in [1.29, 1.82) is 0 Å². The number of benzene rings is 2. The van der Waals surface area contributed by atoms with Gasteiger partial charge in [-0.05, 0) is 80.4 Å². The first-order valence-corrected chi connectivity index (χ1v) is 16.6. The van der Waals surface area contributed by atoms with Gasteiger partial charge in [0.25, 0.3) is 0 Å². The molecule has 3 fully saturated rings. The van der Waals surface area contributed by atoms with E-state index < -0.39 is 50.3 Å². The van der Waals surface area contributed by atoms with Crippen LogP contribution in [0.4, 0.5) is 41.4 Å². The fourth-order valence-electron chi connectivity index (χ4n) is 6.68. The van der Waals surface area contributed by atoms with Crippen LogP contribution in [0, 0.1) is 35.2 Å². The van der Waals surface area contributed by atoms with E-state index in [4.69, 9.17) is 9.47 Å². The van der Waals surface area contributed by atoms with Crippen molar-refractivity contribution in [2.24, 2.45) is 17.8 Å². The number of halogens is 10. The number of ether oxygens (including phenoxy) is 3. The van der Waals surface area contributed by atoms with Gasteiger partial charge in [-0.25, -0.2) is 13.2 Å². The fourth-order valence-corrected chi connectivity index (χ4v) is 7.54. The van der Waals surface area contributed by atoms with Gasteiger partial charge in [0.05, 0.1) is 19.1 Å². The predicted molar refractivity (Wildman–Crippen MR) is 144 cm³/mol. The van der Waals surface area contributed by atoms with Gasteiger partial charge in [0.15, 0.2) is 22.8 Å². The normalized spacial score (nSPS) is 30.3. The molecule has 0 aromatic heterocycles. The first kappa shape index (κ1) is 33.2. The average molecular weight is 665 g/mol. The molecule has 2 saturated carbocycles. The monoisotopic (exact) mass is 664 g/mol. The highest BCUT2D eigenvalue weighted by atomic mass is 32.5. The van der Waals surface area contributed by atoms with Gasteiger partial charge in [0.1, 0.15) is 11.6 Å². The van der Waals surface area contributed by atoms with Crippen LogP contribution in [-0.2, 0) is 9.47 Å². The van der Waals surface area contributed by atoms with Gasteiger partial charge < -0.3 is 14.2 Å². The summed E-state index contributed by atoms with van der Waals surface area (Å²) in [6, 6.07) is 4.37. The van der Waals surface area contributed by atoms with Crippen LogP contribution in [0.25, 0.3) is 0 Å². The Bertz CT molecular complexity index is 1320. The highest BCUT2D eigenvalue weighted by molar-refractivity contribution is 8.45. The van der Waals surface area contributed by atoms with Crippen LogP contribution in [0.1, 0.15) is 81.3 Å². The van der Waals surface area contributed by atoms with Crippen molar-refractivity contribution < 1.29 is 55.6 Å². The average Bonchev–Trinajstić information content (AvgIpc) is 2.91. The van der Waals surface area contributed by atoms with Gasteiger partial charge in [-0.15, -0.1) is 0 Å². The van der Waals surface area contributed by atoms with E-state index in [0.717, 1.165) is 31.2 Å². The second-order valence-electron chi connectivity index (χ2n) is 12.4. The Labute approximate surface area is 249 Å². The summed E-state index contributed by atoms with van der Waals surface area (Å²) in [4.78, 5) is -3.42. The summed E-state index contributed by atoms with van der Waals surface area (Å²) in [5.41, 5.74) is 1.26. The Morgan fingerprint density at radius 3 is 1.80 bits per heavy atom. The van der Waals surface area contributed by atoms with E-state index in [9.17, 15) is 37.0 Å². The number of hydrogen-bond donors (Lipinski definition) is 0. The Morgan fingerprint density at radius 1 is 0.727 bits per heavy atom. The quantitative estimate of drug-likeness (QED) is 0.276. The molecule has 1 heterocycles. The SMILES string of the molecule is CC1COC(C2CCC(c3ccc(C4CCC(C(F)(F)Oc5cc(F)c(S(F)(F)(F)(F)F)c(F)c5)CC4)c(F)c3)CC2)OC1. The zero-order valence-electron chi connectivity index (χ0n) is 23.8. The lowest BCUT2D eigenvalue weighted by Crippen LogP contribution is -2.37. The minimum absolute atomic E-state index is 0.136. The molecule has 2 aliphatic carbocycles. The Hall–Kier alpha value is -2.19. The van der Waals surface area contributed by atoms with Crippen LogP contribution >= 0.6 is 10.2 Å². The summed E-state index contributed by atoms with van der Waals surface area (Å²) in [6.45, 7) is 3.41. The second-order valence-corrected chi connectivity index (χ2v) is 14.8. The summed E-state index contributed by atoms with van der Waals surface area (Å²) < 4.78 is 153. The number of rotatable bonds is 7. The van der Waals surface area contributed by atoms with Gasteiger partial charge in [-0.2, -0.15) is 8.78 Å². The van der Waals surface area contributed by atoms with E-state index in [1.807, 2.05) is 6.07 Å². The van der Waals surface area contributed by atoms with Gasteiger partial charge in [0.2, 0.25) is 0 Å². The molecule has 1 saturated heterocycles. The zero-order chi connectivity index (χ0) is 32.1. The topological polar surface area (TPSA) is 27.7 Å². The maximum atomic E-state index is 15.2. The maximum absolute atomic E-state index is 15.2. The zero-order valence-corrected chi connectivity index (χ0v) is 24.7. The fraction of sp³-hybridized carbons (Fsp3) is 0.600. The van der Waals surface area contributed by atoms with E-state index in [1.54, 1.807) is 6.07 Å². The largest absolute Gasteiger partial charge is 0.432 e. The number of hydrogen-bond acceptors (Lipinski definition) is 3. The summed E-state index contributed by atoms with van der Waals surface area (Å²) in [5.74, 6) is -8.34. The Morgan fingerprint density at radius 2 is 1.27 bits per heavy atom. The smallest absolute Gasteiger partial charge is 0.400 e. The van der Waals surface area contributed by atoms with E-state index in [0.29, 0.717) is 30.6 Å². The lowest BCUT2D eigenvalue weighted by Gasteiger charge is -2.40. The summed E-state index contributed by atoms with van der Waals surface area (Å²) in [5, 5.41) is 0. The van der Waals surface area contributed by atoms with Crippen LogP contribution in [0.2, 0.25) is 0 Å². The van der Waals surface area contributed by atoms with Crippen molar-refractivity contribution in [3.63, 3.8) is 0 Å². The highest BCUT2D eigenvalue weighted by Crippen LogP contribution is 3.02. The van der Waals surface area contributed by atoms with Crippen molar-refractivity contribution >= 4 is 10.2 Å². The van der Waals surface area contributed by atoms with Crippen LogP contribution in [0.15, 0.2) is 35.2 Å². The molecule has 2 aromatic carbocycles. The minimum Gasteiger partial charge on any atom is -0.432 e. The molecule has 14 heteroatoms. The third-order valence-corrected chi connectivity index (χ3v) is 10.2. The van der Waals surface area contributed by atoms with Crippen LogP contribution < -0.4 is 4.74 Å². The Kier molecular flexibility index (Phi) is 8.49. The molecule has 44 heavy (non-hydrogen) atoms. The van der Waals surface area contributed by atoms with E-state index in [-0.39, 0.29) is 55.9 Å². The molecule has 2 aromatic rings. The molecule has 0 spiro atoms. The molecule has 0 amide bonds. The molecule has 0 atom stereocenters. The predicted octanol–water partition coefficient (Wildman–Crippen LogP) is 11.0. The highest BCUT2D eigenvalue weighted by Gasteiger charge is 2.69. The van der Waals surface area contributed by atoms with Crippen molar-refractivity contribution in [2.45, 2.75) is 87.4 Å². The summed E-state index contributed by atoms with van der Waals surface area (Å²) in [7, 11) is -10.8. The van der Waals surface area contributed by atoms with Gasteiger partial charge in [-0.1, -0.05) is 38.5 Å². The van der Waals surface area contributed by atoms with Crippen molar-refractivity contribution in [3.05, 3.63) is 58.9 Å². The molecule has 0 bridgehead atoms. The van der Waals surface area contributed by atoms with Gasteiger partial charge in [-0.3, -0.25) is 0 Å². The molecule has 248 valence electrons. The first-order valence-electron chi connectivity index (χ1n) is 14.6. The molecule has 3 nitrogen and oxygen atoms in total. The van der Waals surface area contributed by atoms with Crippen molar-refractivity contribution in [1.82, 2.24) is 0 Å². The molecule has 0 unspecified atom stereocenters. The molecular formula is C30H34F10O3S. The van der Waals surface area contributed by atoms with E-state index in [2.05, 4.69) is 11.7 Å². The van der Waals surface area contributed by atoms with E-state index in [1.165, 1.54) is 6.07 Å². The standard InChI is InChI=1S/C30H34F10O3S/c1-17-15-41-29(42-16-17)20-4-2-18(3-5-20)21-8-11-24(25(31)12-21)19-6-9-22(10-7-19)30(34,35)43-23-13-26(32)28(27(33)14-23)44(36,37,38,39)40/h8,11-14,17-20,22,29H,2-7,9-10,15-16H2,1H3. The summed E-state index contributed by atoms with van der Waals surface area (Å²) in [6.07, 6.45) is -0.855. The van der Waals surface area contributed by atoms with Crippen LogP contribution in [0.3, 0.4) is 0 Å². The minimum atomic E-state index is -10.8. The lowest BCUT2D eigenvalue weighted by atomic mass is 9.76. The first-order chi connectivity index (χ1) is 20.3.